The number of imide groups is 1. The van der Waals surface area contributed by atoms with Gasteiger partial charge in [-0.3, -0.25) is 19.2 Å². The van der Waals surface area contributed by atoms with Crippen LogP contribution >= 0.6 is 11.6 Å². The van der Waals surface area contributed by atoms with Crippen LogP contribution in [0.25, 0.3) is 0 Å². The van der Waals surface area contributed by atoms with Crippen LogP contribution < -0.4 is 19.7 Å². The predicted octanol–water partition coefficient (Wildman–Crippen LogP) is 4.33. The molecule has 1 aliphatic rings. The molecular formula is C29H28ClN3O6. The predicted molar refractivity (Wildman–Crippen MR) is 147 cm³/mol. The molecule has 1 saturated heterocycles. The molecule has 1 unspecified atom stereocenters. The van der Waals surface area contributed by atoms with Crippen molar-refractivity contribution < 1.29 is 28.7 Å². The summed E-state index contributed by atoms with van der Waals surface area (Å²) in [6, 6.07) is 17.4. The molecule has 39 heavy (non-hydrogen) atoms. The Kier molecular flexibility index (Phi) is 8.51. The average Bonchev–Trinajstić information content (AvgIpc) is 3.21. The van der Waals surface area contributed by atoms with Crippen LogP contribution in [-0.2, 0) is 20.8 Å². The maximum absolute atomic E-state index is 13.8. The molecule has 1 N–H and O–H groups in total. The number of ether oxygens (including phenoxy) is 2. The average molecular weight is 550 g/mol. The normalized spacial score (nSPS) is 14.8. The smallest absolute Gasteiger partial charge is 0.257 e. The van der Waals surface area contributed by atoms with E-state index in [1.54, 1.807) is 54.6 Å². The van der Waals surface area contributed by atoms with Gasteiger partial charge in [0.2, 0.25) is 11.8 Å². The lowest BCUT2D eigenvalue weighted by Crippen LogP contribution is -2.46. The Labute approximate surface area is 231 Å². The van der Waals surface area contributed by atoms with E-state index >= 15 is 0 Å². The summed E-state index contributed by atoms with van der Waals surface area (Å²) in [5, 5.41) is 3.21. The van der Waals surface area contributed by atoms with E-state index in [1.165, 1.54) is 26.0 Å². The molecule has 0 aromatic heterocycles. The van der Waals surface area contributed by atoms with E-state index in [0.717, 1.165) is 10.5 Å². The van der Waals surface area contributed by atoms with Crippen molar-refractivity contribution in [3.8, 4) is 11.5 Å². The summed E-state index contributed by atoms with van der Waals surface area (Å²) in [5.74, 6) is -0.766. The molecule has 9 nitrogen and oxygen atoms in total. The van der Waals surface area contributed by atoms with Crippen molar-refractivity contribution in [2.24, 2.45) is 0 Å². The number of methoxy groups -OCH3 is 2. The molecule has 0 spiro atoms. The molecule has 4 amide bonds. The maximum atomic E-state index is 13.8. The van der Waals surface area contributed by atoms with Crippen LogP contribution in [0.5, 0.6) is 11.5 Å². The summed E-state index contributed by atoms with van der Waals surface area (Å²) in [5.41, 5.74) is 2.07. The van der Waals surface area contributed by atoms with Crippen molar-refractivity contribution in [2.75, 3.05) is 31.0 Å². The SMILES string of the molecule is COc1ccc(C(=O)N(CCc2cccc(Cl)c2)C2CC(=O)N(c3ccc(NC(C)=O)cc3)C2=O)cc1OC. The number of benzene rings is 3. The lowest BCUT2D eigenvalue weighted by molar-refractivity contribution is -0.122. The van der Waals surface area contributed by atoms with Crippen LogP contribution in [0.1, 0.15) is 29.3 Å². The first-order valence-corrected chi connectivity index (χ1v) is 12.6. The Morgan fingerprint density at radius 3 is 2.36 bits per heavy atom. The van der Waals surface area contributed by atoms with Gasteiger partial charge in [-0.15, -0.1) is 0 Å². The van der Waals surface area contributed by atoms with Gasteiger partial charge in [-0.25, -0.2) is 4.90 Å². The number of hydrogen-bond donors (Lipinski definition) is 1. The molecule has 0 radical (unpaired) electrons. The van der Waals surface area contributed by atoms with Crippen molar-refractivity contribution in [1.82, 2.24) is 4.90 Å². The molecule has 0 aliphatic carbocycles. The fraction of sp³-hybridized carbons (Fsp3) is 0.241. The van der Waals surface area contributed by atoms with Crippen LogP contribution in [0.4, 0.5) is 11.4 Å². The Morgan fingerprint density at radius 2 is 1.72 bits per heavy atom. The Hall–Kier alpha value is -4.37. The largest absolute Gasteiger partial charge is 0.493 e. The third-order valence-electron chi connectivity index (χ3n) is 6.37. The minimum Gasteiger partial charge on any atom is -0.493 e. The number of carbonyl (C=O) groups excluding carboxylic acids is 4. The number of amides is 4. The summed E-state index contributed by atoms with van der Waals surface area (Å²) in [4.78, 5) is 54.3. The molecule has 0 saturated carbocycles. The molecule has 1 atom stereocenters. The van der Waals surface area contributed by atoms with Crippen molar-refractivity contribution in [3.63, 3.8) is 0 Å². The summed E-state index contributed by atoms with van der Waals surface area (Å²) in [7, 11) is 2.97. The van der Waals surface area contributed by atoms with Gasteiger partial charge in [0.15, 0.2) is 11.5 Å². The van der Waals surface area contributed by atoms with E-state index < -0.39 is 23.8 Å². The molecule has 4 rings (SSSR count). The van der Waals surface area contributed by atoms with Crippen LogP contribution in [0.3, 0.4) is 0 Å². The van der Waals surface area contributed by atoms with Gasteiger partial charge in [-0.2, -0.15) is 0 Å². The van der Waals surface area contributed by atoms with Gasteiger partial charge in [0.05, 0.1) is 26.3 Å². The molecule has 1 aliphatic heterocycles. The first-order valence-electron chi connectivity index (χ1n) is 12.2. The number of carbonyl (C=O) groups is 4. The van der Waals surface area contributed by atoms with E-state index in [0.29, 0.717) is 34.3 Å². The van der Waals surface area contributed by atoms with Crippen molar-refractivity contribution in [3.05, 3.63) is 82.9 Å². The molecule has 3 aromatic carbocycles. The Morgan fingerprint density at radius 1 is 1.00 bits per heavy atom. The van der Waals surface area contributed by atoms with Crippen LogP contribution in [-0.4, -0.2) is 55.3 Å². The highest BCUT2D eigenvalue weighted by molar-refractivity contribution is 6.30. The zero-order valence-electron chi connectivity index (χ0n) is 21.8. The molecule has 10 heteroatoms. The van der Waals surface area contributed by atoms with E-state index in [1.807, 2.05) is 12.1 Å². The van der Waals surface area contributed by atoms with E-state index in [2.05, 4.69) is 5.32 Å². The minimum absolute atomic E-state index is 0.166. The summed E-state index contributed by atoms with van der Waals surface area (Å²) < 4.78 is 10.6. The van der Waals surface area contributed by atoms with Crippen molar-refractivity contribution >= 4 is 46.6 Å². The van der Waals surface area contributed by atoms with E-state index in [4.69, 9.17) is 21.1 Å². The lowest BCUT2D eigenvalue weighted by atomic mass is 10.1. The molecule has 0 bridgehead atoms. The first kappa shape index (κ1) is 27.7. The minimum atomic E-state index is -1.01. The van der Waals surface area contributed by atoms with Gasteiger partial charge in [-0.05, 0) is 66.6 Å². The zero-order valence-corrected chi connectivity index (χ0v) is 22.5. The second kappa shape index (κ2) is 12.0. The second-order valence-electron chi connectivity index (χ2n) is 8.96. The number of hydrogen-bond acceptors (Lipinski definition) is 6. The van der Waals surface area contributed by atoms with Gasteiger partial charge in [0.25, 0.3) is 11.8 Å². The van der Waals surface area contributed by atoms with Gasteiger partial charge in [0.1, 0.15) is 6.04 Å². The van der Waals surface area contributed by atoms with E-state index in [9.17, 15) is 19.2 Å². The lowest BCUT2D eigenvalue weighted by Gasteiger charge is -2.28. The Balaban J connectivity index is 1.64. The van der Waals surface area contributed by atoms with Gasteiger partial charge in [-0.1, -0.05) is 23.7 Å². The number of halogens is 1. The molecule has 1 fully saturated rings. The fourth-order valence-electron chi connectivity index (χ4n) is 4.50. The maximum Gasteiger partial charge on any atom is 0.257 e. The highest BCUT2D eigenvalue weighted by Gasteiger charge is 2.44. The molecule has 202 valence electrons. The van der Waals surface area contributed by atoms with Crippen molar-refractivity contribution in [2.45, 2.75) is 25.8 Å². The first-order chi connectivity index (χ1) is 18.7. The standard InChI is InChI=1S/C29H28ClN3O6/c1-18(34)31-22-8-10-23(11-9-22)33-27(35)17-24(29(33)37)32(14-13-19-5-4-6-21(30)15-19)28(36)20-7-12-25(38-2)26(16-20)39-3/h4-12,15-16,24H,13-14,17H2,1-3H3,(H,31,34). The third kappa shape index (κ3) is 6.21. The quantitative estimate of drug-likeness (QED) is 0.398. The Bertz CT molecular complexity index is 1410. The van der Waals surface area contributed by atoms with Crippen LogP contribution in [0, 0.1) is 0 Å². The highest BCUT2D eigenvalue weighted by Crippen LogP contribution is 2.31. The van der Waals surface area contributed by atoms with Crippen molar-refractivity contribution in [1.29, 1.82) is 0 Å². The topological polar surface area (TPSA) is 105 Å². The fourth-order valence-corrected chi connectivity index (χ4v) is 4.72. The summed E-state index contributed by atoms with van der Waals surface area (Å²) in [6.07, 6.45) is 0.254. The van der Waals surface area contributed by atoms with Crippen LogP contribution in [0.2, 0.25) is 5.02 Å². The van der Waals surface area contributed by atoms with Gasteiger partial charge < -0.3 is 19.7 Å². The summed E-state index contributed by atoms with van der Waals surface area (Å²) >= 11 is 6.14. The zero-order chi connectivity index (χ0) is 28.1. The molecule has 3 aromatic rings. The molecule has 1 heterocycles. The number of rotatable bonds is 9. The monoisotopic (exact) mass is 549 g/mol. The summed E-state index contributed by atoms with van der Waals surface area (Å²) in [6.45, 7) is 1.56. The number of nitrogens with zero attached hydrogens (tertiary/aromatic N) is 2. The van der Waals surface area contributed by atoms with Crippen LogP contribution in [0.15, 0.2) is 66.7 Å². The third-order valence-corrected chi connectivity index (χ3v) is 6.60. The van der Waals surface area contributed by atoms with Gasteiger partial charge in [0, 0.05) is 29.7 Å². The van der Waals surface area contributed by atoms with E-state index in [-0.39, 0.29) is 24.4 Å². The number of nitrogens with one attached hydrogen (secondary N) is 1. The highest BCUT2D eigenvalue weighted by atomic mass is 35.5. The second-order valence-corrected chi connectivity index (χ2v) is 9.40. The molecular weight excluding hydrogens is 522 g/mol. The number of anilines is 2. The van der Waals surface area contributed by atoms with Gasteiger partial charge >= 0.3 is 0 Å².